The number of carbonyl (C=O) groups is 1. The Morgan fingerprint density at radius 1 is 0.972 bits per heavy atom. The molecule has 0 aliphatic carbocycles. The van der Waals surface area contributed by atoms with Crippen molar-refractivity contribution in [3.05, 3.63) is 83.7 Å². The fraction of sp³-hybridized carbons (Fsp3) is 0.321. The van der Waals surface area contributed by atoms with Crippen molar-refractivity contribution in [1.29, 1.82) is 0 Å². The second-order valence-electron chi connectivity index (χ2n) is 8.96. The Kier molecular flexibility index (Phi) is 7.23. The van der Waals surface area contributed by atoms with Crippen LogP contribution in [0.2, 0.25) is 0 Å². The average Bonchev–Trinajstić information content (AvgIpc) is 3.38. The molecule has 2 aliphatic rings. The molecule has 0 spiro atoms. The number of halogens is 1. The molecule has 2 heterocycles. The zero-order valence-corrected chi connectivity index (χ0v) is 20.3. The van der Waals surface area contributed by atoms with Gasteiger partial charge in [0.15, 0.2) is 11.5 Å². The highest BCUT2D eigenvalue weighted by atomic mass is 19.1. The van der Waals surface area contributed by atoms with Crippen LogP contribution < -0.4 is 24.4 Å². The number of methoxy groups -OCH3 is 1. The lowest BCUT2D eigenvalue weighted by atomic mass is 10.0. The summed E-state index contributed by atoms with van der Waals surface area (Å²) in [4.78, 5) is 17.4. The Hall–Kier alpha value is -3.78. The fourth-order valence-corrected chi connectivity index (χ4v) is 4.72. The van der Waals surface area contributed by atoms with Gasteiger partial charge in [-0.05, 0) is 59.7 Å². The van der Waals surface area contributed by atoms with Gasteiger partial charge in [-0.15, -0.1) is 0 Å². The summed E-state index contributed by atoms with van der Waals surface area (Å²) in [6.07, 6.45) is 0.302. The lowest BCUT2D eigenvalue weighted by Crippen LogP contribution is -2.50. The monoisotopic (exact) mass is 491 g/mol. The van der Waals surface area contributed by atoms with Crippen LogP contribution in [0, 0.1) is 5.82 Å². The smallest absolute Gasteiger partial charge is 0.231 e. The summed E-state index contributed by atoms with van der Waals surface area (Å²) in [6, 6.07) is 20.1. The Morgan fingerprint density at radius 2 is 1.69 bits per heavy atom. The van der Waals surface area contributed by atoms with Crippen molar-refractivity contribution in [1.82, 2.24) is 10.2 Å². The summed E-state index contributed by atoms with van der Waals surface area (Å²) < 4.78 is 29.6. The molecule has 7 nitrogen and oxygen atoms in total. The third-order valence-corrected chi connectivity index (χ3v) is 6.74. The van der Waals surface area contributed by atoms with E-state index < -0.39 is 0 Å². The minimum absolute atomic E-state index is 0.0188. The first kappa shape index (κ1) is 23.9. The Morgan fingerprint density at radius 3 is 2.42 bits per heavy atom. The van der Waals surface area contributed by atoms with Crippen molar-refractivity contribution >= 4 is 11.6 Å². The Bertz CT molecular complexity index is 1180. The Labute approximate surface area is 210 Å². The molecular formula is C28H30FN3O4. The van der Waals surface area contributed by atoms with Gasteiger partial charge in [-0.2, -0.15) is 0 Å². The number of carbonyl (C=O) groups excluding carboxylic acids is 1. The minimum Gasteiger partial charge on any atom is -0.497 e. The lowest BCUT2D eigenvalue weighted by molar-refractivity contribution is -0.120. The molecule has 0 radical (unpaired) electrons. The topological polar surface area (TPSA) is 63.3 Å². The first-order valence-corrected chi connectivity index (χ1v) is 12.1. The van der Waals surface area contributed by atoms with Crippen LogP contribution >= 0.6 is 0 Å². The van der Waals surface area contributed by atoms with E-state index in [-0.39, 0.29) is 24.6 Å². The number of hydrogen-bond acceptors (Lipinski definition) is 6. The standard InChI is InChI=1S/C28H30FN3O4/c1-34-24-9-2-20(3-10-24)16-28(33)30-18-25(21-4-11-26-27(17-21)36-19-35-26)32-14-12-31(13-15-32)23-7-5-22(29)6-8-23/h2-11,17,25H,12-16,18-19H2,1H3,(H,30,33)/t25-/m1/s1. The third kappa shape index (κ3) is 5.54. The quantitative estimate of drug-likeness (QED) is 0.518. The number of amides is 1. The number of ether oxygens (including phenoxy) is 3. The molecule has 1 atom stereocenters. The number of nitrogens with zero attached hydrogens (tertiary/aromatic N) is 2. The van der Waals surface area contributed by atoms with E-state index in [1.54, 1.807) is 7.11 Å². The van der Waals surface area contributed by atoms with Crippen LogP contribution in [0.25, 0.3) is 0 Å². The van der Waals surface area contributed by atoms with Crippen LogP contribution in [0.3, 0.4) is 0 Å². The molecule has 0 unspecified atom stereocenters. The predicted molar refractivity (Wildman–Crippen MR) is 135 cm³/mol. The number of hydrogen-bond donors (Lipinski definition) is 1. The third-order valence-electron chi connectivity index (χ3n) is 6.74. The molecule has 188 valence electrons. The zero-order valence-electron chi connectivity index (χ0n) is 20.3. The highest BCUT2D eigenvalue weighted by molar-refractivity contribution is 5.78. The molecule has 2 aliphatic heterocycles. The molecule has 3 aromatic rings. The predicted octanol–water partition coefficient (Wildman–Crippen LogP) is 3.79. The van der Waals surface area contributed by atoms with Crippen LogP contribution in [-0.4, -0.2) is 57.4 Å². The van der Waals surface area contributed by atoms with E-state index in [0.29, 0.717) is 13.0 Å². The van der Waals surface area contributed by atoms with Crippen LogP contribution in [0.15, 0.2) is 66.7 Å². The van der Waals surface area contributed by atoms with Crippen LogP contribution in [-0.2, 0) is 11.2 Å². The number of fused-ring (bicyclic) bond motifs is 1. The molecule has 0 saturated carbocycles. The number of rotatable bonds is 8. The number of piperazine rings is 1. The highest BCUT2D eigenvalue weighted by Crippen LogP contribution is 2.35. The maximum atomic E-state index is 13.3. The molecule has 3 aromatic carbocycles. The highest BCUT2D eigenvalue weighted by Gasteiger charge is 2.27. The molecule has 5 rings (SSSR count). The molecular weight excluding hydrogens is 461 g/mol. The second-order valence-corrected chi connectivity index (χ2v) is 8.96. The normalized spacial score (nSPS) is 16.0. The lowest BCUT2D eigenvalue weighted by Gasteiger charge is -2.40. The van der Waals surface area contributed by atoms with Crippen LogP contribution in [0.1, 0.15) is 17.2 Å². The SMILES string of the molecule is COc1ccc(CC(=O)NC[C@H](c2ccc3c(c2)OCO3)N2CCN(c3ccc(F)cc3)CC2)cc1. The van der Waals surface area contributed by atoms with Gasteiger partial charge in [-0.3, -0.25) is 9.69 Å². The summed E-state index contributed by atoms with van der Waals surface area (Å²) in [6.45, 7) is 3.94. The first-order chi connectivity index (χ1) is 17.6. The van der Waals surface area contributed by atoms with Gasteiger partial charge < -0.3 is 24.4 Å². The van der Waals surface area contributed by atoms with E-state index in [1.165, 1.54) is 12.1 Å². The van der Waals surface area contributed by atoms with Crippen molar-refractivity contribution in [3.8, 4) is 17.2 Å². The van der Waals surface area contributed by atoms with Gasteiger partial charge in [0, 0.05) is 38.4 Å². The van der Waals surface area contributed by atoms with Gasteiger partial charge in [0.05, 0.1) is 19.6 Å². The van der Waals surface area contributed by atoms with Gasteiger partial charge in [0.2, 0.25) is 12.7 Å². The van der Waals surface area contributed by atoms with E-state index >= 15 is 0 Å². The van der Waals surface area contributed by atoms with Crippen LogP contribution in [0.4, 0.5) is 10.1 Å². The zero-order chi connectivity index (χ0) is 24.9. The Balaban J connectivity index is 1.26. The van der Waals surface area contributed by atoms with Crippen molar-refractivity contribution in [2.75, 3.05) is 51.5 Å². The van der Waals surface area contributed by atoms with Gasteiger partial charge >= 0.3 is 0 Å². The minimum atomic E-state index is -0.231. The molecule has 0 bridgehead atoms. The number of nitrogens with one attached hydrogen (secondary N) is 1. The van der Waals surface area contributed by atoms with E-state index in [2.05, 4.69) is 15.1 Å². The van der Waals surface area contributed by atoms with Crippen molar-refractivity contribution in [3.63, 3.8) is 0 Å². The van der Waals surface area contributed by atoms with Gasteiger partial charge in [-0.25, -0.2) is 4.39 Å². The van der Waals surface area contributed by atoms with E-state index in [0.717, 1.165) is 60.2 Å². The van der Waals surface area contributed by atoms with Crippen LogP contribution in [0.5, 0.6) is 17.2 Å². The van der Waals surface area contributed by atoms with Gasteiger partial charge in [0.1, 0.15) is 11.6 Å². The molecule has 0 aromatic heterocycles. The molecule has 1 N–H and O–H groups in total. The van der Waals surface area contributed by atoms with E-state index in [1.807, 2.05) is 54.6 Å². The fourth-order valence-electron chi connectivity index (χ4n) is 4.72. The van der Waals surface area contributed by atoms with Gasteiger partial charge in [-0.1, -0.05) is 18.2 Å². The number of anilines is 1. The maximum Gasteiger partial charge on any atom is 0.231 e. The molecule has 1 amide bonds. The molecule has 1 saturated heterocycles. The summed E-state index contributed by atoms with van der Waals surface area (Å²) in [5, 5.41) is 3.13. The van der Waals surface area contributed by atoms with E-state index in [4.69, 9.17) is 14.2 Å². The van der Waals surface area contributed by atoms with Crippen molar-refractivity contribution < 1.29 is 23.4 Å². The second kappa shape index (κ2) is 10.9. The summed E-state index contributed by atoms with van der Waals surface area (Å²) in [7, 11) is 1.62. The molecule has 36 heavy (non-hydrogen) atoms. The molecule has 8 heteroatoms. The van der Waals surface area contributed by atoms with E-state index in [9.17, 15) is 9.18 Å². The summed E-state index contributed by atoms with van der Waals surface area (Å²) in [5.74, 6) is 1.97. The summed E-state index contributed by atoms with van der Waals surface area (Å²) in [5.41, 5.74) is 3.02. The maximum absolute atomic E-state index is 13.3. The van der Waals surface area contributed by atoms with Gasteiger partial charge in [0.25, 0.3) is 0 Å². The average molecular weight is 492 g/mol. The van der Waals surface area contributed by atoms with Crippen molar-refractivity contribution in [2.45, 2.75) is 12.5 Å². The number of benzene rings is 3. The van der Waals surface area contributed by atoms with Crippen molar-refractivity contribution in [2.24, 2.45) is 0 Å². The molecule has 1 fully saturated rings. The first-order valence-electron chi connectivity index (χ1n) is 12.1. The summed E-state index contributed by atoms with van der Waals surface area (Å²) >= 11 is 0. The largest absolute Gasteiger partial charge is 0.497 e.